The summed E-state index contributed by atoms with van der Waals surface area (Å²) in [5.41, 5.74) is -0.0556. The summed E-state index contributed by atoms with van der Waals surface area (Å²) < 4.78 is 0. The molecule has 4 saturated carbocycles. The third-order valence-electron chi connectivity index (χ3n) is 3.00. The van der Waals surface area contributed by atoms with Gasteiger partial charge in [-0.1, -0.05) is 41.5 Å². The van der Waals surface area contributed by atoms with Crippen LogP contribution in [0.1, 0.15) is 41.5 Å². The molecular formula is C30H40N2Y2-2. The van der Waals surface area contributed by atoms with Gasteiger partial charge in [-0.2, -0.15) is 0 Å². The van der Waals surface area contributed by atoms with Crippen molar-refractivity contribution in [3.05, 3.63) is 139 Å². The summed E-state index contributed by atoms with van der Waals surface area (Å²) in [4.78, 5) is 0. The maximum atomic E-state index is 8.28. The first-order valence-corrected chi connectivity index (χ1v) is 10.8. The van der Waals surface area contributed by atoms with Crippen molar-refractivity contribution in [1.29, 1.82) is 0 Å². The Morgan fingerprint density at radius 2 is 0.382 bits per heavy atom. The third-order valence-corrected chi connectivity index (χ3v) is 3.00. The van der Waals surface area contributed by atoms with Crippen LogP contribution in [-0.2, 0) is 65.4 Å². The molecule has 4 aliphatic carbocycles. The van der Waals surface area contributed by atoms with E-state index in [1.54, 1.807) is 0 Å². The fourth-order valence-electron chi connectivity index (χ4n) is 1.28. The fraction of sp³-hybridized carbons (Fsp3) is 0.267. The summed E-state index contributed by atoms with van der Waals surface area (Å²) in [6.45, 7) is 11.6. The topological polar surface area (TPSA) is 44.6 Å². The quantitative estimate of drug-likeness (QED) is 0.258. The second kappa shape index (κ2) is 30.8. The molecule has 2 nitrogen and oxygen atoms in total. The first kappa shape index (κ1) is 42.6. The predicted molar refractivity (Wildman–Crippen MR) is 144 cm³/mol. The van der Waals surface area contributed by atoms with Crippen LogP contribution in [0.2, 0.25) is 0 Å². The van der Waals surface area contributed by atoms with Crippen LogP contribution in [0.5, 0.6) is 0 Å². The molecule has 4 heteroatoms. The zero-order valence-electron chi connectivity index (χ0n) is 21.8. The van der Waals surface area contributed by atoms with Crippen LogP contribution in [0.25, 0.3) is 10.8 Å². The van der Waals surface area contributed by atoms with Gasteiger partial charge in [0, 0.05) is 65.4 Å². The maximum Gasteiger partial charge on any atom is 0 e. The van der Waals surface area contributed by atoms with E-state index in [0.29, 0.717) is 0 Å². The number of nitrogens with zero attached hydrogens (tertiary/aromatic N) is 2. The van der Waals surface area contributed by atoms with Crippen molar-refractivity contribution >= 4 is 12.4 Å². The minimum absolute atomic E-state index is 0. The molecule has 178 valence electrons. The molecule has 22 radical (unpaired) electrons. The molecule has 0 aromatic rings. The van der Waals surface area contributed by atoms with E-state index in [9.17, 15) is 0 Å². The average molecular weight is 606 g/mol. The second-order valence-electron chi connectivity index (χ2n) is 8.84. The first-order valence-electron chi connectivity index (χ1n) is 10.8. The number of rotatable bonds is 0. The SMILES string of the molecule is CC(C)(C)C=[N-].CC(C)(C)C=[N-].[CH]1[CH][CH][CH][CH]1.[CH]1[CH][CH][CH][CH]1.[CH]1[CH][CH][CH][CH]1.[CH]1[CH][CH][CH][CH]1.[Y].[Y]. The molecule has 0 saturated heterocycles. The van der Waals surface area contributed by atoms with Crippen LogP contribution in [0, 0.1) is 139 Å². The minimum atomic E-state index is -0.0278. The van der Waals surface area contributed by atoms with Crippen LogP contribution >= 0.6 is 0 Å². The van der Waals surface area contributed by atoms with Gasteiger partial charge in [0.2, 0.25) is 0 Å². The summed E-state index contributed by atoms with van der Waals surface area (Å²) in [6.07, 6.45) is 42.4. The van der Waals surface area contributed by atoms with Gasteiger partial charge in [-0.05, 0) is 139 Å². The molecule has 0 unspecified atom stereocenters. The van der Waals surface area contributed by atoms with Crippen LogP contribution < -0.4 is 0 Å². The van der Waals surface area contributed by atoms with Gasteiger partial charge in [-0.25, -0.2) is 12.4 Å². The van der Waals surface area contributed by atoms with Crippen LogP contribution in [0.4, 0.5) is 0 Å². The Bertz CT molecular complexity index is 293. The molecule has 0 atom stereocenters. The van der Waals surface area contributed by atoms with E-state index in [2.05, 4.69) is 0 Å². The van der Waals surface area contributed by atoms with E-state index < -0.39 is 0 Å². The summed E-state index contributed by atoms with van der Waals surface area (Å²) in [5.74, 6) is 0. The molecule has 4 aliphatic rings. The Kier molecular flexibility index (Phi) is 38.6. The molecule has 0 heterocycles. The van der Waals surface area contributed by atoms with Crippen molar-refractivity contribution in [3.8, 4) is 0 Å². The van der Waals surface area contributed by atoms with Crippen molar-refractivity contribution in [1.82, 2.24) is 0 Å². The van der Waals surface area contributed by atoms with Crippen LogP contribution in [-0.4, -0.2) is 12.4 Å². The maximum absolute atomic E-state index is 8.28. The molecule has 0 N–H and O–H groups in total. The first-order chi connectivity index (χ1) is 15.1. The van der Waals surface area contributed by atoms with E-state index in [1.165, 1.54) is 12.4 Å². The molecular weight excluding hydrogens is 566 g/mol. The van der Waals surface area contributed by atoms with Gasteiger partial charge in [-0.15, -0.1) is 0 Å². The van der Waals surface area contributed by atoms with Gasteiger partial charge in [0.15, 0.2) is 0 Å². The van der Waals surface area contributed by atoms with Crippen molar-refractivity contribution < 1.29 is 65.4 Å². The van der Waals surface area contributed by atoms with E-state index in [0.717, 1.165) is 0 Å². The second-order valence-corrected chi connectivity index (χ2v) is 8.84. The van der Waals surface area contributed by atoms with Crippen molar-refractivity contribution in [2.45, 2.75) is 41.5 Å². The average Bonchev–Trinajstić information content (AvgIpc) is 3.61. The van der Waals surface area contributed by atoms with Gasteiger partial charge >= 0.3 is 0 Å². The molecule has 34 heavy (non-hydrogen) atoms. The Morgan fingerprint density at radius 1 is 0.324 bits per heavy atom. The Hall–Kier alpha value is 1.55. The number of hydrogen-bond donors (Lipinski definition) is 0. The molecule has 0 bridgehead atoms. The predicted octanol–water partition coefficient (Wildman–Crippen LogP) is 7.43. The monoisotopic (exact) mass is 606 g/mol. The van der Waals surface area contributed by atoms with Gasteiger partial charge in [0.1, 0.15) is 0 Å². The van der Waals surface area contributed by atoms with Gasteiger partial charge in [-0.3, -0.25) is 0 Å². The van der Waals surface area contributed by atoms with Gasteiger partial charge in [0.05, 0.1) is 0 Å². The van der Waals surface area contributed by atoms with E-state index in [1.807, 2.05) is 170 Å². The number of hydrogen-bond acceptors (Lipinski definition) is 0. The van der Waals surface area contributed by atoms with Crippen molar-refractivity contribution in [2.24, 2.45) is 10.8 Å². The smallest absolute Gasteiger partial charge is 0 e. The molecule has 0 amide bonds. The molecule has 4 fully saturated rings. The molecule has 0 aromatic heterocycles. The van der Waals surface area contributed by atoms with Crippen molar-refractivity contribution in [3.63, 3.8) is 0 Å². The zero-order chi connectivity index (χ0) is 24.6. The molecule has 0 aromatic carbocycles. The molecule has 0 aliphatic heterocycles. The zero-order valence-corrected chi connectivity index (χ0v) is 27.4. The molecule has 0 spiro atoms. The molecule has 4 rings (SSSR count). The fourth-order valence-corrected chi connectivity index (χ4v) is 1.28. The normalized spacial score (nSPS) is 18.1. The van der Waals surface area contributed by atoms with Crippen molar-refractivity contribution in [2.75, 3.05) is 0 Å². The van der Waals surface area contributed by atoms with Gasteiger partial charge in [0.25, 0.3) is 0 Å². The summed E-state index contributed by atoms with van der Waals surface area (Å²) in [7, 11) is 0. The Balaban J connectivity index is -0.000000157. The minimum Gasteiger partial charge on any atom is -0.814 e. The summed E-state index contributed by atoms with van der Waals surface area (Å²) in [6, 6.07) is 0. The Morgan fingerprint density at radius 3 is 0.412 bits per heavy atom. The summed E-state index contributed by atoms with van der Waals surface area (Å²) >= 11 is 0. The largest absolute Gasteiger partial charge is 0.814 e. The van der Waals surface area contributed by atoms with Gasteiger partial charge < -0.3 is 10.8 Å². The van der Waals surface area contributed by atoms with E-state index in [4.69, 9.17) is 10.8 Å². The summed E-state index contributed by atoms with van der Waals surface area (Å²) in [5, 5.41) is 16.6. The standard InChI is InChI=1S/2C5H10N.4C5H5.2Y/c2*1-5(2,3)4-6;4*1-2-4-5-3-1;;/h2*4H,1-3H3;4*1-5H;;/q2*-1;;;;;;. The van der Waals surface area contributed by atoms with Crippen LogP contribution in [0.3, 0.4) is 0 Å². The van der Waals surface area contributed by atoms with Crippen LogP contribution in [0.15, 0.2) is 0 Å². The Labute approximate surface area is 266 Å². The third kappa shape index (κ3) is 46.8. The van der Waals surface area contributed by atoms with E-state index in [-0.39, 0.29) is 76.2 Å². The van der Waals surface area contributed by atoms with E-state index >= 15 is 0 Å².